The lowest BCUT2D eigenvalue weighted by atomic mass is 10.1. The number of carbonyl (C=O) groups excluding carboxylic acids is 1. The van der Waals surface area contributed by atoms with Gasteiger partial charge in [-0.3, -0.25) is 4.79 Å². The second-order valence-corrected chi connectivity index (χ2v) is 4.59. The molecular formula is C15H21NO5. The van der Waals surface area contributed by atoms with Crippen molar-refractivity contribution in [3.05, 3.63) is 23.8 Å². The molecule has 1 amide bonds. The van der Waals surface area contributed by atoms with Gasteiger partial charge in [0.2, 0.25) is 5.91 Å². The summed E-state index contributed by atoms with van der Waals surface area (Å²) in [5, 5.41) is 11.4. The second kappa shape index (κ2) is 8.14. The molecule has 21 heavy (non-hydrogen) atoms. The minimum atomic E-state index is -1.02. The minimum Gasteiger partial charge on any atom is -0.497 e. The SMILES string of the molecule is CCC(NC(=O)CCc1cc(OC)cc(OC)c1)C(=O)O. The highest BCUT2D eigenvalue weighted by molar-refractivity contribution is 5.83. The fourth-order valence-corrected chi connectivity index (χ4v) is 1.87. The largest absolute Gasteiger partial charge is 0.497 e. The van der Waals surface area contributed by atoms with Gasteiger partial charge in [0, 0.05) is 12.5 Å². The van der Waals surface area contributed by atoms with Gasteiger partial charge < -0.3 is 19.9 Å². The number of amides is 1. The zero-order valence-electron chi connectivity index (χ0n) is 12.5. The molecule has 1 unspecified atom stereocenters. The first-order chi connectivity index (χ1) is 9.99. The maximum absolute atomic E-state index is 11.8. The van der Waals surface area contributed by atoms with Crippen molar-refractivity contribution in [1.82, 2.24) is 5.32 Å². The number of carboxylic acid groups (broad SMARTS) is 1. The van der Waals surface area contributed by atoms with Crippen LogP contribution in [-0.4, -0.2) is 37.2 Å². The standard InChI is InChI=1S/C15H21NO5/c1-4-13(15(18)19)16-14(17)6-5-10-7-11(20-2)9-12(8-10)21-3/h7-9,13H,4-6H2,1-3H3,(H,16,17)(H,18,19). The Morgan fingerprint density at radius 2 is 1.76 bits per heavy atom. The Balaban J connectivity index is 2.62. The lowest BCUT2D eigenvalue weighted by Gasteiger charge is -2.12. The molecule has 6 heteroatoms. The highest BCUT2D eigenvalue weighted by Gasteiger charge is 2.17. The highest BCUT2D eigenvalue weighted by atomic mass is 16.5. The molecule has 0 saturated heterocycles. The van der Waals surface area contributed by atoms with E-state index in [1.165, 1.54) is 0 Å². The third kappa shape index (κ3) is 5.33. The average Bonchev–Trinajstić information content (AvgIpc) is 2.49. The number of aliphatic carboxylic acids is 1. The molecule has 0 bridgehead atoms. The predicted molar refractivity (Wildman–Crippen MR) is 77.7 cm³/mol. The smallest absolute Gasteiger partial charge is 0.326 e. The van der Waals surface area contributed by atoms with E-state index in [0.717, 1.165) is 5.56 Å². The van der Waals surface area contributed by atoms with Crippen molar-refractivity contribution in [2.45, 2.75) is 32.2 Å². The number of benzene rings is 1. The number of carbonyl (C=O) groups is 2. The van der Waals surface area contributed by atoms with Crippen molar-refractivity contribution in [3.63, 3.8) is 0 Å². The van der Waals surface area contributed by atoms with E-state index in [-0.39, 0.29) is 12.3 Å². The molecule has 0 spiro atoms. The van der Waals surface area contributed by atoms with Gasteiger partial charge in [-0.2, -0.15) is 0 Å². The van der Waals surface area contributed by atoms with Crippen molar-refractivity contribution in [3.8, 4) is 11.5 Å². The fraction of sp³-hybridized carbons (Fsp3) is 0.467. The van der Waals surface area contributed by atoms with Crippen LogP contribution in [0.3, 0.4) is 0 Å². The molecule has 1 aromatic carbocycles. The maximum Gasteiger partial charge on any atom is 0.326 e. The monoisotopic (exact) mass is 295 g/mol. The van der Waals surface area contributed by atoms with Crippen LogP contribution in [0.4, 0.5) is 0 Å². The summed E-state index contributed by atoms with van der Waals surface area (Å²) in [6.45, 7) is 1.71. The molecule has 0 aliphatic rings. The summed E-state index contributed by atoms with van der Waals surface area (Å²) >= 11 is 0. The molecule has 1 rings (SSSR count). The number of nitrogens with one attached hydrogen (secondary N) is 1. The van der Waals surface area contributed by atoms with Crippen LogP contribution in [0.2, 0.25) is 0 Å². The van der Waals surface area contributed by atoms with Crippen molar-refractivity contribution in [1.29, 1.82) is 0 Å². The van der Waals surface area contributed by atoms with Gasteiger partial charge >= 0.3 is 5.97 Å². The third-order valence-electron chi connectivity index (χ3n) is 3.09. The molecule has 1 aromatic rings. The lowest BCUT2D eigenvalue weighted by molar-refractivity contribution is -0.141. The van der Waals surface area contributed by atoms with E-state index in [0.29, 0.717) is 24.3 Å². The Hall–Kier alpha value is -2.24. The molecule has 0 heterocycles. The molecular weight excluding hydrogens is 274 g/mol. The number of ether oxygens (including phenoxy) is 2. The number of aryl methyl sites for hydroxylation is 1. The Morgan fingerprint density at radius 1 is 1.19 bits per heavy atom. The zero-order chi connectivity index (χ0) is 15.8. The van der Waals surface area contributed by atoms with Gasteiger partial charge in [-0.05, 0) is 30.5 Å². The van der Waals surface area contributed by atoms with Crippen LogP contribution in [0.15, 0.2) is 18.2 Å². The number of methoxy groups -OCH3 is 2. The summed E-state index contributed by atoms with van der Waals surface area (Å²) in [6, 6.07) is 4.56. The summed E-state index contributed by atoms with van der Waals surface area (Å²) < 4.78 is 10.3. The van der Waals surface area contributed by atoms with Gasteiger partial charge in [0.15, 0.2) is 0 Å². The third-order valence-corrected chi connectivity index (χ3v) is 3.09. The van der Waals surface area contributed by atoms with Gasteiger partial charge in [-0.15, -0.1) is 0 Å². The lowest BCUT2D eigenvalue weighted by Crippen LogP contribution is -2.40. The first-order valence-corrected chi connectivity index (χ1v) is 6.74. The fourth-order valence-electron chi connectivity index (χ4n) is 1.87. The van der Waals surface area contributed by atoms with Gasteiger partial charge in [0.05, 0.1) is 14.2 Å². The molecule has 0 aromatic heterocycles. The van der Waals surface area contributed by atoms with Crippen LogP contribution < -0.4 is 14.8 Å². The molecule has 0 radical (unpaired) electrons. The Bertz CT molecular complexity index is 479. The van der Waals surface area contributed by atoms with Crippen LogP contribution >= 0.6 is 0 Å². The van der Waals surface area contributed by atoms with E-state index in [1.54, 1.807) is 27.2 Å². The van der Waals surface area contributed by atoms with Crippen LogP contribution in [0.5, 0.6) is 11.5 Å². The summed E-state index contributed by atoms with van der Waals surface area (Å²) in [6.07, 6.45) is 1.05. The van der Waals surface area contributed by atoms with Crippen LogP contribution in [0.25, 0.3) is 0 Å². The molecule has 6 nitrogen and oxygen atoms in total. The summed E-state index contributed by atoms with van der Waals surface area (Å²) in [4.78, 5) is 22.6. The minimum absolute atomic E-state index is 0.208. The maximum atomic E-state index is 11.8. The number of carboxylic acids is 1. The number of rotatable bonds is 8. The van der Waals surface area contributed by atoms with Crippen molar-refractivity contribution in [2.75, 3.05) is 14.2 Å². The highest BCUT2D eigenvalue weighted by Crippen LogP contribution is 2.23. The molecule has 1 atom stereocenters. The van der Waals surface area contributed by atoms with E-state index in [9.17, 15) is 9.59 Å². The second-order valence-electron chi connectivity index (χ2n) is 4.59. The topological polar surface area (TPSA) is 84.9 Å². The first kappa shape index (κ1) is 16.8. The normalized spacial score (nSPS) is 11.6. The van der Waals surface area contributed by atoms with Crippen molar-refractivity contribution < 1.29 is 24.2 Å². The van der Waals surface area contributed by atoms with Crippen LogP contribution in [0.1, 0.15) is 25.3 Å². The summed E-state index contributed by atoms with van der Waals surface area (Å²) in [5.74, 6) is 0.00314. The number of hydrogen-bond donors (Lipinski definition) is 2. The average molecular weight is 295 g/mol. The van der Waals surface area contributed by atoms with E-state index < -0.39 is 12.0 Å². The Morgan fingerprint density at radius 3 is 2.19 bits per heavy atom. The van der Waals surface area contributed by atoms with E-state index in [1.807, 2.05) is 12.1 Å². The van der Waals surface area contributed by atoms with E-state index in [2.05, 4.69) is 5.32 Å². The summed E-state index contributed by atoms with van der Waals surface area (Å²) in [7, 11) is 3.12. The van der Waals surface area contributed by atoms with E-state index in [4.69, 9.17) is 14.6 Å². The molecule has 0 fully saturated rings. The van der Waals surface area contributed by atoms with Gasteiger partial charge in [0.1, 0.15) is 17.5 Å². The first-order valence-electron chi connectivity index (χ1n) is 6.74. The number of hydrogen-bond acceptors (Lipinski definition) is 4. The zero-order valence-corrected chi connectivity index (χ0v) is 12.5. The molecule has 2 N–H and O–H groups in total. The van der Waals surface area contributed by atoms with Gasteiger partial charge in [-0.1, -0.05) is 6.92 Å². The van der Waals surface area contributed by atoms with E-state index >= 15 is 0 Å². The predicted octanol–water partition coefficient (Wildman–Crippen LogP) is 1.62. The molecule has 0 saturated carbocycles. The van der Waals surface area contributed by atoms with Crippen LogP contribution in [-0.2, 0) is 16.0 Å². The molecule has 0 aliphatic carbocycles. The Labute approximate surface area is 124 Å². The van der Waals surface area contributed by atoms with Crippen LogP contribution in [0, 0.1) is 0 Å². The molecule has 0 aliphatic heterocycles. The Kier molecular flexibility index (Phi) is 6.52. The summed E-state index contributed by atoms with van der Waals surface area (Å²) in [5.41, 5.74) is 0.893. The molecule has 116 valence electrons. The van der Waals surface area contributed by atoms with Crippen molar-refractivity contribution >= 4 is 11.9 Å². The van der Waals surface area contributed by atoms with Gasteiger partial charge in [-0.25, -0.2) is 4.79 Å². The van der Waals surface area contributed by atoms with Crippen molar-refractivity contribution in [2.24, 2.45) is 0 Å². The quantitative estimate of drug-likeness (QED) is 0.761. The van der Waals surface area contributed by atoms with Gasteiger partial charge in [0.25, 0.3) is 0 Å².